The predicted molar refractivity (Wildman–Crippen MR) is 82.2 cm³/mol. The van der Waals surface area contributed by atoms with Gasteiger partial charge in [-0.3, -0.25) is 14.3 Å². The van der Waals surface area contributed by atoms with Crippen LogP contribution in [0.1, 0.15) is 16.9 Å². The van der Waals surface area contributed by atoms with Crippen LogP contribution in [0.5, 0.6) is 0 Å². The van der Waals surface area contributed by atoms with Gasteiger partial charge in [-0.05, 0) is 0 Å². The van der Waals surface area contributed by atoms with Crippen molar-refractivity contribution in [2.45, 2.75) is 12.5 Å². The number of hydrogen-bond acceptors (Lipinski definition) is 6. The van der Waals surface area contributed by atoms with E-state index in [9.17, 15) is 9.59 Å². The third-order valence-corrected chi connectivity index (χ3v) is 4.39. The molecule has 0 bridgehead atoms. The first-order valence-corrected chi connectivity index (χ1v) is 7.98. The predicted octanol–water partition coefficient (Wildman–Crippen LogP) is 0.859. The molecule has 0 saturated carbocycles. The standard InChI is InChI=1S/C14H16N4O4S/c1-17-6-9(5-15-17)13-16-11(8-23-13)14(21)18-2-3-22-10(7-18)4-12(19)20/h5-6,8,10H,2-4,7H2,1H3,(H,19,20)/t10-/m1/s1. The summed E-state index contributed by atoms with van der Waals surface area (Å²) in [4.78, 5) is 29.3. The van der Waals surface area contributed by atoms with E-state index in [0.717, 1.165) is 10.6 Å². The minimum absolute atomic E-state index is 0.109. The molecule has 8 nitrogen and oxygen atoms in total. The molecule has 0 aliphatic carbocycles. The average Bonchev–Trinajstić information content (AvgIpc) is 3.15. The third kappa shape index (κ3) is 3.57. The van der Waals surface area contributed by atoms with Gasteiger partial charge >= 0.3 is 5.97 Å². The number of carbonyl (C=O) groups excluding carboxylic acids is 1. The summed E-state index contributed by atoms with van der Waals surface area (Å²) in [6.45, 7) is 1.04. The smallest absolute Gasteiger partial charge is 0.306 e. The highest BCUT2D eigenvalue weighted by Gasteiger charge is 2.27. The highest BCUT2D eigenvalue weighted by Crippen LogP contribution is 2.24. The number of aliphatic carboxylic acids is 1. The van der Waals surface area contributed by atoms with E-state index < -0.39 is 12.1 Å². The molecule has 9 heteroatoms. The molecule has 3 heterocycles. The second-order valence-electron chi connectivity index (χ2n) is 5.28. The number of rotatable bonds is 4. The van der Waals surface area contributed by atoms with Crippen LogP contribution in [-0.4, -0.2) is 62.4 Å². The Bertz CT molecular complexity index is 726. The number of aryl methyl sites for hydroxylation is 1. The quantitative estimate of drug-likeness (QED) is 0.889. The number of morpholine rings is 1. The van der Waals surface area contributed by atoms with Gasteiger partial charge in [-0.25, -0.2) is 4.98 Å². The van der Waals surface area contributed by atoms with Crippen LogP contribution < -0.4 is 0 Å². The van der Waals surface area contributed by atoms with Gasteiger partial charge in [-0.2, -0.15) is 5.10 Å². The van der Waals surface area contributed by atoms with Gasteiger partial charge in [0, 0.05) is 37.3 Å². The molecule has 0 radical (unpaired) electrons. The Kier molecular flexibility index (Phi) is 4.39. The molecular weight excluding hydrogens is 320 g/mol. The summed E-state index contributed by atoms with van der Waals surface area (Å²) in [5.74, 6) is -1.13. The van der Waals surface area contributed by atoms with Crippen LogP contribution in [0.15, 0.2) is 17.8 Å². The molecule has 1 amide bonds. The van der Waals surface area contributed by atoms with Gasteiger partial charge in [0.05, 0.1) is 25.3 Å². The number of carboxylic acid groups (broad SMARTS) is 1. The van der Waals surface area contributed by atoms with Crippen molar-refractivity contribution in [2.75, 3.05) is 19.7 Å². The van der Waals surface area contributed by atoms with Crippen LogP contribution in [0, 0.1) is 0 Å². The van der Waals surface area contributed by atoms with Gasteiger partial charge in [0.1, 0.15) is 10.7 Å². The number of nitrogens with zero attached hydrogens (tertiary/aromatic N) is 4. The van der Waals surface area contributed by atoms with Gasteiger partial charge in [-0.1, -0.05) is 0 Å². The second-order valence-corrected chi connectivity index (χ2v) is 6.14. The van der Waals surface area contributed by atoms with Gasteiger partial charge < -0.3 is 14.7 Å². The highest BCUT2D eigenvalue weighted by molar-refractivity contribution is 7.13. The topological polar surface area (TPSA) is 97.6 Å². The first-order chi connectivity index (χ1) is 11.0. The summed E-state index contributed by atoms with van der Waals surface area (Å²) >= 11 is 1.38. The van der Waals surface area contributed by atoms with E-state index >= 15 is 0 Å². The fraction of sp³-hybridized carbons (Fsp3) is 0.429. The molecule has 3 rings (SSSR count). The molecule has 122 valence electrons. The number of thiazole rings is 1. The molecule has 1 aliphatic rings. The fourth-order valence-electron chi connectivity index (χ4n) is 2.42. The Morgan fingerprint density at radius 1 is 1.52 bits per heavy atom. The fourth-order valence-corrected chi connectivity index (χ4v) is 3.19. The lowest BCUT2D eigenvalue weighted by molar-refractivity contribution is -0.141. The first kappa shape index (κ1) is 15.6. The normalized spacial score (nSPS) is 18.1. The van der Waals surface area contributed by atoms with Crippen molar-refractivity contribution in [3.8, 4) is 10.6 Å². The molecule has 1 N–H and O–H groups in total. The van der Waals surface area contributed by atoms with E-state index in [1.807, 2.05) is 13.2 Å². The Balaban J connectivity index is 1.70. The lowest BCUT2D eigenvalue weighted by Crippen LogP contribution is -2.46. The minimum atomic E-state index is -0.933. The van der Waals surface area contributed by atoms with Crippen molar-refractivity contribution in [1.82, 2.24) is 19.7 Å². The molecule has 2 aromatic rings. The van der Waals surface area contributed by atoms with Gasteiger partial charge in [0.2, 0.25) is 0 Å². The molecule has 0 aromatic carbocycles. The summed E-state index contributed by atoms with van der Waals surface area (Å²) < 4.78 is 7.06. The maximum absolute atomic E-state index is 12.5. The monoisotopic (exact) mass is 336 g/mol. The van der Waals surface area contributed by atoms with E-state index in [4.69, 9.17) is 9.84 Å². The van der Waals surface area contributed by atoms with Crippen molar-refractivity contribution in [1.29, 1.82) is 0 Å². The number of amides is 1. The summed E-state index contributed by atoms with van der Waals surface area (Å²) in [6.07, 6.45) is 2.96. The molecule has 0 unspecified atom stereocenters. The summed E-state index contributed by atoms with van der Waals surface area (Å²) in [5, 5.41) is 15.4. The molecule has 2 aromatic heterocycles. The van der Waals surface area contributed by atoms with Crippen molar-refractivity contribution in [3.63, 3.8) is 0 Å². The molecule has 0 spiro atoms. The molecule has 23 heavy (non-hydrogen) atoms. The Morgan fingerprint density at radius 3 is 3.04 bits per heavy atom. The Hall–Kier alpha value is -2.26. The van der Waals surface area contributed by atoms with E-state index in [-0.39, 0.29) is 18.9 Å². The second kappa shape index (κ2) is 6.47. The molecule has 1 fully saturated rings. The van der Waals surface area contributed by atoms with Crippen LogP contribution in [0.25, 0.3) is 10.6 Å². The lowest BCUT2D eigenvalue weighted by atomic mass is 10.2. The van der Waals surface area contributed by atoms with Crippen molar-refractivity contribution >= 4 is 23.2 Å². The van der Waals surface area contributed by atoms with E-state index in [1.165, 1.54) is 11.3 Å². The van der Waals surface area contributed by atoms with Crippen LogP contribution in [0.2, 0.25) is 0 Å². The van der Waals surface area contributed by atoms with Gasteiger partial charge in [-0.15, -0.1) is 11.3 Å². The maximum atomic E-state index is 12.5. The number of aromatic nitrogens is 3. The van der Waals surface area contributed by atoms with Crippen LogP contribution in [0.3, 0.4) is 0 Å². The Labute approximate surface area is 136 Å². The maximum Gasteiger partial charge on any atom is 0.306 e. The third-order valence-electron chi connectivity index (χ3n) is 3.50. The van der Waals surface area contributed by atoms with Gasteiger partial charge in [0.15, 0.2) is 0 Å². The Morgan fingerprint density at radius 2 is 2.35 bits per heavy atom. The van der Waals surface area contributed by atoms with E-state index in [0.29, 0.717) is 18.8 Å². The van der Waals surface area contributed by atoms with Gasteiger partial charge in [0.25, 0.3) is 5.91 Å². The van der Waals surface area contributed by atoms with Crippen molar-refractivity contribution in [3.05, 3.63) is 23.5 Å². The SMILES string of the molecule is Cn1cc(-c2nc(C(=O)N3CCO[C@H](CC(=O)O)C3)cs2)cn1. The molecular formula is C14H16N4O4S. The number of carboxylic acids is 1. The lowest BCUT2D eigenvalue weighted by Gasteiger charge is -2.31. The molecule has 1 atom stereocenters. The van der Waals surface area contributed by atoms with Crippen molar-refractivity contribution < 1.29 is 19.4 Å². The largest absolute Gasteiger partial charge is 0.481 e. The summed E-state index contributed by atoms with van der Waals surface area (Å²) in [7, 11) is 1.82. The van der Waals surface area contributed by atoms with Crippen LogP contribution in [0.4, 0.5) is 0 Å². The number of carbonyl (C=O) groups is 2. The molecule has 1 aliphatic heterocycles. The minimum Gasteiger partial charge on any atom is -0.481 e. The van der Waals surface area contributed by atoms with Crippen LogP contribution in [-0.2, 0) is 16.6 Å². The number of ether oxygens (including phenoxy) is 1. The molecule has 1 saturated heterocycles. The number of hydrogen-bond donors (Lipinski definition) is 1. The van der Waals surface area contributed by atoms with E-state index in [2.05, 4.69) is 10.1 Å². The highest BCUT2D eigenvalue weighted by atomic mass is 32.1. The van der Waals surface area contributed by atoms with E-state index in [1.54, 1.807) is 21.2 Å². The zero-order valence-electron chi connectivity index (χ0n) is 12.5. The van der Waals surface area contributed by atoms with Crippen molar-refractivity contribution in [2.24, 2.45) is 7.05 Å². The summed E-state index contributed by atoms with van der Waals surface area (Å²) in [5.41, 5.74) is 1.23. The van der Waals surface area contributed by atoms with Crippen LogP contribution >= 0.6 is 11.3 Å². The first-order valence-electron chi connectivity index (χ1n) is 7.10. The zero-order valence-corrected chi connectivity index (χ0v) is 13.3. The summed E-state index contributed by atoms with van der Waals surface area (Å²) in [6, 6.07) is 0. The zero-order chi connectivity index (χ0) is 16.4. The average molecular weight is 336 g/mol.